The minimum atomic E-state index is 0.0147. The fraction of sp³-hybridized carbons (Fsp3) is 0.923. The zero-order valence-corrected chi connectivity index (χ0v) is 10.5. The molecule has 0 saturated carbocycles. The van der Waals surface area contributed by atoms with Crippen LogP contribution in [-0.4, -0.2) is 24.4 Å². The molecule has 15 heavy (non-hydrogen) atoms. The predicted molar refractivity (Wildman–Crippen MR) is 63.7 cm³/mol. The Bertz CT molecular complexity index is 205. The molecule has 0 aromatic heterocycles. The zero-order chi connectivity index (χ0) is 11.3. The monoisotopic (exact) mass is 211 g/mol. The van der Waals surface area contributed by atoms with Crippen molar-refractivity contribution >= 4 is 5.91 Å². The third kappa shape index (κ3) is 2.73. The molecule has 0 unspecified atom stereocenters. The lowest BCUT2D eigenvalue weighted by molar-refractivity contribution is -0.135. The van der Waals surface area contributed by atoms with Crippen LogP contribution in [0, 0.1) is 5.41 Å². The second-order valence-electron chi connectivity index (χ2n) is 4.96. The van der Waals surface area contributed by atoms with E-state index in [0.29, 0.717) is 5.91 Å². The summed E-state index contributed by atoms with van der Waals surface area (Å²) in [6.45, 7) is 5.37. The Morgan fingerprint density at radius 3 is 2.07 bits per heavy atom. The normalized spacial score (nSPS) is 19.9. The van der Waals surface area contributed by atoms with E-state index in [2.05, 4.69) is 13.8 Å². The lowest BCUT2D eigenvalue weighted by Gasteiger charge is -2.27. The molecule has 1 saturated heterocycles. The predicted octanol–water partition coefficient (Wildman–Crippen LogP) is 3.22. The highest BCUT2D eigenvalue weighted by atomic mass is 16.2. The van der Waals surface area contributed by atoms with Gasteiger partial charge in [-0.05, 0) is 19.3 Å². The van der Waals surface area contributed by atoms with Crippen molar-refractivity contribution in [1.82, 2.24) is 4.90 Å². The molecule has 2 nitrogen and oxygen atoms in total. The summed E-state index contributed by atoms with van der Waals surface area (Å²) >= 11 is 0. The number of carbonyl (C=O) groups excluding carboxylic acids is 1. The number of nitrogens with zero attached hydrogens (tertiary/aromatic N) is 1. The third-order valence-corrected chi connectivity index (χ3v) is 3.74. The number of unbranched alkanes of at least 4 members (excludes halogenated alkanes) is 2. The first-order valence-corrected chi connectivity index (χ1v) is 6.42. The first kappa shape index (κ1) is 12.5. The van der Waals surface area contributed by atoms with Crippen molar-refractivity contribution in [2.24, 2.45) is 5.41 Å². The average molecular weight is 211 g/mol. The number of amides is 1. The number of hydrogen-bond donors (Lipinski definition) is 0. The molecule has 0 radical (unpaired) electrons. The first-order chi connectivity index (χ1) is 7.16. The van der Waals surface area contributed by atoms with Crippen molar-refractivity contribution in [2.45, 2.75) is 58.8 Å². The highest BCUT2D eigenvalue weighted by Crippen LogP contribution is 2.40. The molecule has 1 amide bonds. The van der Waals surface area contributed by atoms with Crippen molar-refractivity contribution in [3.05, 3.63) is 0 Å². The van der Waals surface area contributed by atoms with Gasteiger partial charge in [-0.25, -0.2) is 0 Å². The van der Waals surface area contributed by atoms with E-state index in [1.165, 1.54) is 25.7 Å². The highest BCUT2D eigenvalue weighted by Gasteiger charge is 2.43. The molecule has 0 aliphatic carbocycles. The van der Waals surface area contributed by atoms with E-state index in [4.69, 9.17) is 0 Å². The van der Waals surface area contributed by atoms with E-state index in [1.807, 2.05) is 11.9 Å². The Morgan fingerprint density at radius 1 is 1.20 bits per heavy atom. The van der Waals surface area contributed by atoms with Gasteiger partial charge in [0.15, 0.2) is 0 Å². The second-order valence-corrected chi connectivity index (χ2v) is 4.96. The maximum atomic E-state index is 12.2. The summed E-state index contributed by atoms with van der Waals surface area (Å²) in [6, 6.07) is 0. The summed E-state index contributed by atoms with van der Waals surface area (Å²) in [7, 11) is 1.95. The van der Waals surface area contributed by atoms with Crippen molar-refractivity contribution in [1.29, 1.82) is 0 Å². The van der Waals surface area contributed by atoms with Crippen LogP contribution in [0.25, 0.3) is 0 Å². The highest BCUT2D eigenvalue weighted by molar-refractivity contribution is 5.84. The standard InChI is InChI=1S/C13H25NO/c1-4-6-8-13(9-7-5-2)10-11-14(3)12(13)15/h4-11H2,1-3H3. The Kier molecular flexibility index (Phi) is 4.62. The average Bonchev–Trinajstić information content (AvgIpc) is 2.53. The Labute approximate surface area is 94.0 Å². The molecule has 1 aliphatic rings. The van der Waals surface area contributed by atoms with Crippen LogP contribution >= 0.6 is 0 Å². The SMILES string of the molecule is CCCCC1(CCCC)CCN(C)C1=O. The molecule has 0 spiro atoms. The summed E-state index contributed by atoms with van der Waals surface area (Å²) in [5.74, 6) is 0.407. The minimum Gasteiger partial charge on any atom is -0.345 e. The summed E-state index contributed by atoms with van der Waals surface area (Å²) in [4.78, 5) is 14.1. The number of carbonyl (C=O) groups is 1. The van der Waals surface area contributed by atoms with E-state index < -0.39 is 0 Å². The third-order valence-electron chi connectivity index (χ3n) is 3.74. The van der Waals surface area contributed by atoms with Crippen LogP contribution in [0.2, 0.25) is 0 Å². The lowest BCUT2D eigenvalue weighted by atomic mass is 9.77. The van der Waals surface area contributed by atoms with Crippen molar-refractivity contribution in [3.63, 3.8) is 0 Å². The maximum Gasteiger partial charge on any atom is 0.228 e. The van der Waals surface area contributed by atoms with Gasteiger partial charge in [0.05, 0.1) is 5.41 Å². The smallest absolute Gasteiger partial charge is 0.228 e. The molecular formula is C13H25NO. The summed E-state index contributed by atoms with van der Waals surface area (Å²) in [5, 5.41) is 0. The van der Waals surface area contributed by atoms with Crippen molar-refractivity contribution in [2.75, 3.05) is 13.6 Å². The quantitative estimate of drug-likeness (QED) is 0.660. The molecule has 0 aromatic carbocycles. The number of likely N-dealkylation sites (tertiary alicyclic amines) is 1. The summed E-state index contributed by atoms with van der Waals surface area (Å²) < 4.78 is 0. The minimum absolute atomic E-state index is 0.0147. The van der Waals surface area contributed by atoms with Crippen LogP contribution in [0.3, 0.4) is 0 Å². The number of hydrogen-bond acceptors (Lipinski definition) is 1. The van der Waals surface area contributed by atoms with Crippen LogP contribution in [0.1, 0.15) is 58.8 Å². The molecule has 1 rings (SSSR count). The summed E-state index contributed by atoms with van der Waals surface area (Å²) in [5.41, 5.74) is 0.0147. The van der Waals surface area contributed by atoms with Gasteiger partial charge in [-0.3, -0.25) is 4.79 Å². The van der Waals surface area contributed by atoms with Crippen LogP contribution in [0.4, 0.5) is 0 Å². The van der Waals surface area contributed by atoms with Gasteiger partial charge in [0.2, 0.25) is 5.91 Å². The Morgan fingerprint density at radius 2 is 1.73 bits per heavy atom. The van der Waals surface area contributed by atoms with Gasteiger partial charge in [-0.15, -0.1) is 0 Å². The molecule has 0 N–H and O–H groups in total. The molecular weight excluding hydrogens is 186 g/mol. The first-order valence-electron chi connectivity index (χ1n) is 6.42. The largest absolute Gasteiger partial charge is 0.345 e. The van der Waals surface area contributed by atoms with Gasteiger partial charge in [0, 0.05) is 13.6 Å². The molecule has 0 bridgehead atoms. The van der Waals surface area contributed by atoms with Crippen molar-refractivity contribution in [3.8, 4) is 0 Å². The van der Waals surface area contributed by atoms with Crippen LogP contribution in [0.5, 0.6) is 0 Å². The van der Waals surface area contributed by atoms with Crippen LogP contribution < -0.4 is 0 Å². The van der Waals surface area contributed by atoms with Crippen molar-refractivity contribution < 1.29 is 4.79 Å². The lowest BCUT2D eigenvalue weighted by Crippen LogP contribution is -2.32. The summed E-state index contributed by atoms with van der Waals surface area (Å²) in [6.07, 6.45) is 8.09. The Hall–Kier alpha value is -0.530. The fourth-order valence-corrected chi connectivity index (χ4v) is 2.61. The topological polar surface area (TPSA) is 20.3 Å². The molecule has 1 aliphatic heterocycles. The van der Waals surface area contributed by atoms with Gasteiger partial charge in [-0.1, -0.05) is 39.5 Å². The molecule has 2 heteroatoms. The van der Waals surface area contributed by atoms with Gasteiger partial charge in [0.25, 0.3) is 0 Å². The molecule has 1 heterocycles. The van der Waals surface area contributed by atoms with Gasteiger partial charge < -0.3 is 4.90 Å². The van der Waals surface area contributed by atoms with E-state index in [0.717, 1.165) is 25.8 Å². The van der Waals surface area contributed by atoms with Gasteiger partial charge in [-0.2, -0.15) is 0 Å². The molecule has 88 valence electrons. The molecule has 1 fully saturated rings. The van der Waals surface area contributed by atoms with Gasteiger partial charge in [0.1, 0.15) is 0 Å². The van der Waals surface area contributed by atoms with E-state index >= 15 is 0 Å². The molecule has 0 atom stereocenters. The van der Waals surface area contributed by atoms with E-state index in [-0.39, 0.29) is 5.41 Å². The van der Waals surface area contributed by atoms with E-state index in [1.54, 1.807) is 0 Å². The van der Waals surface area contributed by atoms with Gasteiger partial charge >= 0.3 is 0 Å². The molecule has 0 aromatic rings. The number of rotatable bonds is 6. The fourth-order valence-electron chi connectivity index (χ4n) is 2.61. The Balaban J connectivity index is 2.63. The second kappa shape index (κ2) is 5.53. The maximum absolute atomic E-state index is 12.2. The van der Waals surface area contributed by atoms with E-state index in [9.17, 15) is 4.79 Å². The van der Waals surface area contributed by atoms with Crippen LogP contribution in [0.15, 0.2) is 0 Å². The zero-order valence-electron chi connectivity index (χ0n) is 10.5. The van der Waals surface area contributed by atoms with Crippen LogP contribution in [-0.2, 0) is 4.79 Å².